The van der Waals surface area contributed by atoms with Crippen LogP contribution in [0.4, 0.5) is 11.6 Å². The number of nitrogens with one attached hydrogen (secondary N) is 1. The van der Waals surface area contributed by atoms with Gasteiger partial charge in [-0.05, 0) is 24.3 Å². The lowest BCUT2D eigenvalue weighted by Gasteiger charge is -2.06. The molecule has 0 fully saturated rings. The summed E-state index contributed by atoms with van der Waals surface area (Å²) in [6, 6.07) is 8.81. The highest BCUT2D eigenvalue weighted by atomic mass is 16.1. The molecular weight excluding hydrogens is 280 g/mol. The summed E-state index contributed by atoms with van der Waals surface area (Å²) in [6.45, 7) is 0. The summed E-state index contributed by atoms with van der Waals surface area (Å²) in [5, 5.41) is 3.02. The topological polar surface area (TPSA) is 107 Å². The standard InChI is InChI=1S/C15H12N6O/c16-15(22)10-4-5-13(19-7-10)21-14-9-17-8-12(20-14)11-3-1-2-6-18-11/h1-9H,(H2,16,22)(H,19,20,21). The van der Waals surface area contributed by atoms with Gasteiger partial charge in [-0.2, -0.15) is 0 Å². The summed E-state index contributed by atoms with van der Waals surface area (Å²) >= 11 is 0. The fourth-order valence-corrected chi connectivity index (χ4v) is 1.81. The van der Waals surface area contributed by atoms with Crippen molar-refractivity contribution in [2.24, 2.45) is 5.73 Å². The monoisotopic (exact) mass is 292 g/mol. The molecule has 0 saturated heterocycles. The van der Waals surface area contributed by atoms with Gasteiger partial charge in [-0.3, -0.25) is 14.8 Å². The number of amides is 1. The minimum atomic E-state index is -0.518. The molecule has 7 nitrogen and oxygen atoms in total. The van der Waals surface area contributed by atoms with E-state index < -0.39 is 5.91 Å². The predicted octanol–water partition coefficient (Wildman–Crippen LogP) is 1.78. The zero-order chi connectivity index (χ0) is 15.4. The Morgan fingerprint density at radius 3 is 2.55 bits per heavy atom. The number of carbonyl (C=O) groups is 1. The average Bonchev–Trinajstić information content (AvgIpc) is 2.56. The summed E-state index contributed by atoms with van der Waals surface area (Å²) in [7, 11) is 0. The van der Waals surface area contributed by atoms with Gasteiger partial charge < -0.3 is 11.1 Å². The van der Waals surface area contributed by atoms with Crippen molar-refractivity contribution in [1.82, 2.24) is 19.9 Å². The molecule has 0 aromatic carbocycles. The normalized spacial score (nSPS) is 10.2. The highest BCUT2D eigenvalue weighted by molar-refractivity contribution is 5.92. The average molecular weight is 292 g/mol. The molecule has 0 radical (unpaired) electrons. The van der Waals surface area contributed by atoms with E-state index in [-0.39, 0.29) is 0 Å². The van der Waals surface area contributed by atoms with Gasteiger partial charge in [0.25, 0.3) is 0 Å². The maximum atomic E-state index is 11.0. The fraction of sp³-hybridized carbons (Fsp3) is 0. The first-order valence-corrected chi connectivity index (χ1v) is 6.49. The van der Waals surface area contributed by atoms with Gasteiger partial charge in [0.2, 0.25) is 5.91 Å². The molecule has 3 heterocycles. The van der Waals surface area contributed by atoms with Crippen LogP contribution < -0.4 is 11.1 Å². The number of carbonyl (C=O) groups excluding carboxylic acids is 1. The molecule has 0 unspecified atom stereocenters. The van der Waals surface area contributed by atoms with Crippen LogP contribution in [0.3, 0.4) is 0 Å². The molecule has 3 aromatic rings. The zero-order valence-corrected chi connectivity index (χ0v) is 11.5. The van der Waals surface area contributed by atoms with E-state index in [4.69, 9.17) is 5.73 Å². The Hall–Kier alpha value is -3.35. The van der Waals surface area contributed by atoms with E-state index in [2.05, 4.69) is 25.3 Å². The van der Waals surface area contributed by atoms with Crippen molar-refractivity contribution < 1.29 is 4.79 Å². The number of nitrogens with two attached hydrogens (primary N) is 1. The lowest BCUT2D eigenvalue weighted by Crippen LogP contribution is -2.11. The first-order chi connectivity index (χ1) is 10.7. The number of aromatic nitrogens is 4. The summed E-state index contributed by atoms with van der Waals surface area (Å²) in [6.07, 6.45) is 6.31. The Bertz CT molecular complexity index is 789. The van der Waals surface area contributed by atoms with Crippen molar-refractivity contribution in [2.45, 2.75) is 0 Å². The van der Waals surface area contributed by atoms with E-state index in [1.54, 1.807) is 30.7 Å². The fourth-order valence-electron chi connectivity index (χ4n) is 1.81. The van der Waals surface area contributed by atoms with E-state index in [9.17, 15) is 4.79 Å². The number of pyridine rings is 2. The van der Waals surface area contributed by atoms with Crippen LogP contribution in [0, 0.1) is 0 Å². The molecule has 0 spiro atoms. The maximum Gasteiger partial charge on any atom is 0.250 e. The van der Waals surface area contributed by atoms with E-state index in [0.29, 0.717) is 22.9 Å². The molecule has 0 aliphatic carbocycles. The smallest absolute Gasteiger partial charge is 0.250 e. The molecule has 0 aliphatic heterocycles. The summed E-state index contributed by atoms with van der Waals surface area (Å²) in [4.78, 5) is 27.9. The van der Waals surface area contributed by atoms with Gasteiger partial charge in [0, 0.05) is 12.4 Å². The second-order valence-corrected chi connectivity index (χ2v) is 4.43. The Balaban J connectivity index is 1.82. The van der Waals surface area contributed by atoms with Gasteiger partial charge in [0.1, 0.15) is 11.5 Å². The molecule has 3 rings (SSSR count). The van der Waals surface area contributed by atoms with Gasteiger partial charge in [-0.1, -0.05) is 6.07 Å². The molecule has 0 bridgehead atoms. The van der Waals surface area contributed by atoms with Crippen molar-refractivity contribution in [3.8, 4) is 11.4 Å². The second kappa shape index (κ2) is 5.96. The molecule has 108 valence electrons. The Labute approximate surface area is 126 Å². The van der Waals surface area contributed by atoms with Crippen LogP contribution in [0.25, 0.3) is 11.4 Å². The molecule has 7 heteroatoms. The lowest BCUT2D eigenvalue weighted by molar-refractivity contribution is 0.1000. The van der Waals surface area contributed by atoms with Crippen LogP contribution in [0.15, 0.2) is 55.1 Å². The molecule has 0 atom stereocenters. The molecule has 3 aromatic heterocycles. The minimum absolute atomic E-state index is 0.346. The van der Waals surface area contributed by atoms with Gasteiger partial charge in [0.05, 0.1) is 23.7 Å². The molecule has 0 aliphatic rings. The Kier molecular flexibility index (Phi) is 3.69. The van der Waals surface area contributed by atoms with E-state index in [1.165, 1.54) is 6.20 Å². The summed E-state index contributed by atoms with van der Waals surface area (Å²) < 4.78 is 0. The molecule has 0 saturated carbocycles. The third-order valence-corrected chi connectivity index (χ3v) is 2.87. The van der Waals surface area contributed by atoms with Crippen LogP contribution in [-0.4, -0.2) is 25.8 Å². The van der Waals surface area contributed by atoms with Crippen LogP contribution in [0.2, 0.25) is 0 Å². The Morgan fingerprint density at radius 2 is 1.86 bits per heavy atom. The number of anilines is 2. The van der Waals surface area contributed by atoms with Crippen molar-refractivity contribution in [3.63, 3.8) is 0 Å². The molecule has 22 heavy (non-hydrogen) atoms. The highest BCUT2D eigenvalue weighted by Gasteiger charge is 2.05. The van der Waals surface area contributed by atoms with Gasteiger partial charge >= 0.3 is 0 Å². The van der Waals surface area contributed by atoms with Crippen LogP contribution in [0.5, 0.6) is 0 Å². The first-order valence-electron chi connectivity index (χ1n) is 6.49. The Morgan fingerprint density at radius 1 is 0.955 bits per heavy atom. The zero-order valence-electron chi connectivity index (χ0n) is 11.5. The number of primary amides is 1. The van der Waals surface area contributed by atoms with E-state index in [1.807, 2.05) is 18.2 Å². The van der Waals surface area contributed by atoms with Crippen LogP contribution in [0.1, 0.15) is 10.4 Å². The molecular formula is C15H12N6O. The van der Waals surface area contributed by atoms with Gasteiger partial charge in [0.15, 0.2) is 5.82 Å². The van der Waals surface area contributed by atoms with Crippen molar-refractivity contribution >= 4 is 17.5 Å². The van der Waals surface area contributed by atoms with Crippen molar-refractivity contribution in [3.05, 3.63) is 60.7 Å². The minimum Gasteiger partial charge on any atom is -0.366 e. The first kappa shape index (κ1) is 13.6. The van der Waals surface area contributed by atoms with Gasteiger partial charge in [-0.25, -0.2) is 9.97 Å². The SMILES string of the molecule is NC(=O)c1ccc(Nc2cncc(-c3ccccn3)n2)nc1. The predicted molar refractivity (Wildman–Crippen MR) is 81.3 cm³/mol. The third kappa shape index (κ3) is 3.04. The second-order valence-electron chi connectivity index (χ2n) is 4.43. The van der Waals surface area contributed by atoms with Gasteiger partial charge in [-0.15, -0.1) is 0 Å². The van der Waals surface area contributed by atoms with E-state index >= 15 is 0 Å². The highest BCUT2D eigenvalue weighted by Crippen LogP contribution is 2.17. The number of hydrogen-bond donors (Lipinski definition) is 2. The lowest BCUT2D eigenvalue weighted by atomic mass is 10.3. The number of hydrogen-bond acceptors (Lipinski definition) is 6. The van der Waals surface area contributed by atoms with E-state index in [0.717, 1.165) is 5.69 Å². The third-order valence-electron chi connectivity index (χ3n) is 2.87. The molecule has 1 amide bonds. The number of nitrogens with zero attached hydrogens (tertiary/aromatic N) is 4. The quantitative estimate of drug-likeness (QED) is 0.759. The molecule has 3 N–H and O–H groups in total. The number of rotatable bonds is 4. The van der Waals surface area contributed by atoms with Crippen LogP contribution >= 0.6 is 0 Å². The van der Waals surface area contributed by atoms with Crippen molar-refractivity contribution in [2.75, 3.05) is 5.32 Å². The summed E-state index contributed by atoms with van der Waals surface area (Å²) in [5.74, 6) is 0.552. The maximum absolute atomic E-state index is 11.0. The van der Waals surface area contributed by atoms with Crippen LogP contribution in [-0.2, 0) is 0 Å². The van der Waals surface area contributed by atoms with Crippen molar-refractivity contribution in [1.29, 1.82) is 0 Å². The summed E-state index contributed by atoms with van der Waals surface area (Å²) in [5.41, 5.74) is 6.90. The largest absolute Gasteiger partial charge is 0.366 e.